The first kappa shape index (κ1) is 28.2. The van der Waals surface area contributed by atoms with Crippen molar-refractivity contribution < 1.29 is 13.6 Å². The van der Waals surface area contributed by atoms with E-state index in [-0.39, 0.29) is 45.7 Å². The number of aromatic nitrogens is 4. The Morgan fingerprint density at radius 3 is 2.66 bits per heavy atom. The van der Waals surface area contributed by atoms with Crippen LogP contribution in [0.1, 0.15) is 19.5 Å². The average Bonchev–Trinajstić information content (AvgIpc) is 2.96. The van der Waals surface area contributed by atoms with Gasteiger partial charge in [0.25, 0.3) is 0 Å². The first-order valence-electron chi connectivity index (χ1n) is 13.1. The second kappa shape index (κ2) is 11.3. The Labute approximate surface area is 239 Å². The number of thioether (sulfide) groups is 1. The number of anilines is 2. The minimum absolute atomic E-state index is 0.0102. The molecular formula is C29H29F2N7O2S. The number of nitrogens with zero attached hydrogens (tertiary/aromatic N) is 6. The maximum Gasteiger partial charge on any atom is 0.355 e. The summed E-state index contributed by atoms with van der Waals surface area (Å²) < 4.78 is 32.1. The van der Waals surface area contributed by atoms with Crippen LogP contribution in [-0.4, -0.2) is 62.3 Å². The predicted molar refractivity (Wildman–Crippen MR) is 157 cm³/mol. The number of halogens is 2. The zero-order valence-electron chi connectivity index (χ0n) is 22.9. The van der Waals surface area contributed by atoms with Crippen molar-refractivity contribution in [2.75, 3.05) is 36.5 Å². The molecule has 4 heterocycles. The Morgan fingerprint density at radius 2 is 2.00 bits per heavy atom. The van der Waals surface area contributed by atoms with Crippen LogP contribution in [0.4, 0.5) is 20.3 Å². The van der Waals surface area contributed by atoms with Crippen LogP contribution in [0.25, 0.3) is 28.0 Å². The van der Waals surface area contributed by atoms with Gasteiger partial charge >= 0.3 is 5.69 Å². The number of aryl methyl sites for hydroxylation is 1. The Balaban J connectivity index is 1.83. The molecule has 0 radical (unpaired) electrons. The van der Waals surface area contributed by atoms with Crippen LogP contribution < -0.4 is 16.3 Å². The van der Waals surface area contributed by atoms with Gasteiger partial charge in [-0.05, 0) is 49.9 Å². The molecule has 0 aliphatic carbocycles. The summed E-state index contributed by atoms with van der Waals surface area (Å²) in [6.45, 7) is 8.43. The summed E-state index contributed by atoms with van der Waals surface area (Å²) in [5.74, 6) is -1.52. The highest BCUT2D eigenvalue weighted by molar-refractivity contribution is 7.98. The molecule has 1 atom stereocenters. The van der Waals surface area contributed by atoms with E-state index < -0.39 is 17.3 Å². The number of benzene rings is 1. The molecule has 1 aliphatic heterocycles. The second-order valence-corrected chi connectivity index (χ2v) is 10.5. The minimum atomic E-state index is -0.817. The van der Waals surface area contributed by atoms with Gasteiger partial charge in [0.1, 0.15) is 17.3 Å². The molecule has 4 aromatic rings. The highest BCUT2D eigenvalue weighted by Crippen LogP contribution is 2.36. The van der Waals surface area contributed by atoms with Crippen LogP contribution in [-0.2, 0) is 11.2 Å². The van der Waals surface area contributed by atoms with E-state index in [1.165, 1.54) is 46.7 Å². The van der Waals surface area contributed by atoms with E-state index in [2.05, 4.69) is 21.5 Å². The molecule has 0 unspecified atom stereocenters. The van der Waals surface area contributed by atoms with Crippen LogP contribution in [0.15, 0.2) is 58.9 Å². The standard InChI is InChI=1S/C29H29F2N7O2S/c1-5-21-26(22(41-4)10-11-33-21)38-28-17(14-19(31)25(34-28)24-18(30)8-7-9-20(24)32)27(35-29(38)40)37-13-12-36(15-16(37)3)23(39)6-2/h6-11,14,16H,2,5,12-13,15,32H2,1,3-4H3/t16-/m0/s1. The third-order valence-electron chi connectivity index (χ3n) is 7.21. The normalized spacial score (nSPS) is 15.4. The van der Waals surface area contributed by atoms with Crippen molar-refractivity contribution in [2.45, 2.75) is 31.2 Å². The van der Waals surface area contributed by atoms with Crippen LogP contribution in [0.3, 0.4) is 0 Å². The molecule has 1 amide bonds. The number of fused-ring (bicyclic) bond motifs is 1. The van der Waals surface area contributed by atoms with Gasteiger partial charge in [-0.1, -0.05) is 19.6 Å². The van der Waals surface area contributed by atoms with Gasteiger partial charge in [0.05, 0.1) is 22.3 Å². The fourth-order valence-corrected chi connectivity index (χ4v) is 5.83. The van der Waals surface area contributed by atoms with Gasteiger partial charge in [0.15, 0.2) is 11.5 Å². The lowest BCUT2D eigenvalue weighted by Gasteiger charge is -2.40. The van der Waals surface area contributed by atoms with Crippen molar-refractivity contribution in [1.29, 1.82) is 0 Å². The number of carbonyl (C=O) groups excluding carboxylic acids is 1. The van der Waals surface area contributed by atoms with Gasteiger partial charge in [-0.3, -0.25) is 9.78 Å². The van der Waals surface area contributed by atoms with E-state index in [9.17, 15) is 14.0 Å². The molecule has 12 heteroatoms. The Hall–Kier alpha value is -4.32. The molecule has 1 fully saturated rings. The lowest BCUT2D eigenvalue weighted by Crippen LogP contribution is -2.54. The highest BCUT2D eigenvalue weighted by atomic mass is 32.2. The lowest BCUT2D eigenvalue weighted by atomic mass is 10.1. The summed E-state index contributed by atoms with van der Waals surface area (Å²) >= 11 is 1.42. The Morgan fingerprint density at radius 1 is 1.22 bits per heavy atom. The number of nitrogens with two attached hydrogens (primary N) is 1. The summed E-state index contributed by atoms with van der Waals surface area (Å²) in [7, 11) is 0. The predicted octanol–water partition coefficient (Wildman–Crippen LogP) is 4.21. The molecule has 212 valence electrons. The smallest absolute Gasteiger partial charge is 0.355 e. The van der Waals surface area contributed by atoms with Gasteiger partial charge in [-0.25, -0.2) is 23.1 Å². The first-order chi connectivity index (χ1) is 19.7. The number of nitrogen functional groups attached to an aromatic ring is 1. The van der Waals surface area contributed by atoms with E-state index >= 15 is 4.39 Å². The highest BCUT2D eigenvalue weighted by Gasteiger charge is 2.31. The molecule has 0 bridgehead atoms. The van der Waals surface area contributed by atoms with Crippen molar-refractivity contribution in [3.8, 4) is 16.9 Å². The molecule has 0 saturated carbocycles. The van der Waals surface area contributed by atoms with Crippen molar-refractivity contribution in [3.05, 3.63) is 77.0 Å². The quantitative estimate of drug-likeness (QED) is 0.206. The molecule has 0 spiro atoms. The van der Waals surface area contributed by atoms with Gasteiger partial charge in [0.2, 0.25) is 5.91 Å². The summed E-state index contributed by atoms with van der Waals surface area (Å²) in [5, 5.41) is 0.258. The van der Waals surface area contributed by atoms with Crippen LogP contribution in [0.2, 0.25) is 0 Å². The van der Waals surface area contributed by atoms with Crippen molar-refractivity contribution in [1.82, 2.24) is 24.4 Å². The van der Waals surface area contributed by atoms with Crippen molar-refractivity contribution in [2.24, 2.45) is 0 Å². The molecule has 5 rings (SSSR count). The number of pyridine rings is 2. The molecule has 1 saturated heterocycles. The van der Waals surface area contributed by atoms with Gasteiger partial charge < -0.3 is 15.5 Å². The van der Waals surface area contributed by atoms with Gasteiger partial charge in [0, 0.05) is 42.5 Å². The molecule has 41 heavy (non-hydrogen) atoms. The topological polar surface area (TPSA) is 110 Å². The summed E-state index contributed by atoms with van der Waals surface area (Å²) in [6.07, 6.45) is 5.30. The summed E-state index contributed by atoms with van der Waals surface area (Å²) in [4.78, 5) is 43.9. The van der Waals surface area contributed by atoms with E-state index in [1.54, 1.807) is 17.2 Å². The number of carbonyl (C=O) groups is 1. The largest absolute Gasteiger partial charge is 0.398 e. The molecule has 3 aromatic heterocycles. The van der Waals surface area contributed by atoms with Crippen LogP contribution in [0, 0.1) is 11.6 Å². The summed E-state index contributed by atoms with van der Waals surface area (Å²) in [6, 6.07) is 6.81. The number of rotatable bonds is 6. The fraction of sp³-hybridized carbons (Fsp3) is 0.276. The van der Waals surface area contributed by atoms with Crippen molar-refractivity contribution in [3.63, 3.8) is 0 Å². The fourth-order valence-electron chi connectivity index (χ4n) is 5.23. The van der Waals surface area contributed by atoms with E-state index in [1.807, 2.05) is 25.0 Å². The first-order valence-corrected chi connectivity index (χ1v) is 14.3. The third kappa shape index (κ3) is 4.92. The van der Waals surface area contributed by atoms with E-state index in [0.29, 0.717) is 37.4 Å². The summed E-state index contributed by atoms with van der Waals surface area (Å²) in [5.41, 5.74) is 6.11. The number of hydrogen-bond donors (Lipinski definition) is 1. The molecule has 1 aromatic carbocycles. The molecular weight excluding hydrogens is 548 g/mol. The monoisotopic (exact) mass is 577 g/mol. The molecule has 2 N–H and O–H groups in total. The van der Waals surface area contributed by atoms with Crippen LogP contribution in [0.5, 0.6) is 0 Å². The Kier molecular flexibility index (Phi) is 7.76. The van der Waals surface area contributed by atoms with Crippen molar-refractivity contribution >= 4 is 40.2 Å². The minimum Gasteiger partial charge on any atom is -0.398 e. The molecule has 1 aliphatic rings. The maximum absolute atomic E-state index is 15.9. The maximum atomic E-state index is 15.9. The number of amides is 1. The Bertz CT molecular complexity index is 1700. The zero-order valence-corrected chi connectivity index (χ0v) is 23.7. The number of hydrogen-bond acceptors (Lipinski definition) is 8. The number of piperazine rings is 1. The lowest BCUT2D eigenvalue weighted by molar-refractivity contribution is -0.126. The second-order valence-electron chi connectivity index (χ2n) is 9.64. The zero-order chi connectivity index (χ0) is 29.4. The SMILES string of the molecule is C=CC(=O)N1CCN(c2nc(=O)n(-c3c(SC)ccnc3CC)c3nc(-c4c(N)cccc4F)c(F)cc23)[C@@H](C)C1. The van der Waals surface area contributed by atoms with Gasteiger partial charge in [-0.15, -0.1) is 11.8 Å². The average molecular weight is 578 g/mol. The third-order valence-corrected chi connectivity index (χ3v) is 7.98. The van der Waals surface area contributed by atoms with E-state index in [4.69, 9.17) is 5.73 Å². The molecule has 9 nitrogen and oxygen atoms in total. The van der Waals surface area contributed by atoms with Crippen LogP contribution >= 0.6 is 11.8 Å². The van der Waals surface area contributed by atoms with Gasteiger partial charge in [-0.2, -0.15) is 4.98 Å². The van der Waals surface area contributed by atoms with E-state index in [0.717, 1.165) is 4.90 Å².